The number of aromatic nitrogens is 3. The molecular weight excluding hydrogens is 397 g/mol. The molecule has 0 aliphatic rings. The molecule has 10 heteroatoms. The maximum atomic E-state index is 12.7. The van der Waals surface area contributed by atoms with Gasteiger partial charge in [0.05, 0.1) is 0 Å². The second-order valence-corrected chi connectivity index (χ2v) is 6.11. The molecule has 28 heavy (non-hydrogen) atoms. The second kappa shape index (κ2) is 7.81. The third-order valence-electron chi connectivity index (χ3n) is 3.78. The number of halogens is 4. The predicted octanol–water partition coefficient (Wildman–Crippen LogP) is 3.36. The number of hydrogen-bond acceptors (Lipinski definition) is 4. The highest BCUT2D eigenvalue weighted by Gasteiger charge is 2.32. The van der Waals surface area contributed by atoms with E-state index in [4.69, 9.17) is 11.6 Å². The van der Waals surface area contributed by atoms with Crippen molar-refractivity contribution in [1.82, 2.24) is 20.3 Å². The van der Waals surface area contributed by atoms with Crippen LogP contribution in [-0.4, -0.2) is 20.9 Å². The molecule has 0 aliphatic carbocycles. The number of carbonyl (C=O) groups excluding carboxylic acids is 1. The highest BCUT2D eigenvalue weighted by Crippen LogP contribution is 2.26. The van der Waals surface area contributed by atoms with Gasteiger partial charge < -0.3 is 10.3 Å². The van der Waals surface area contributed by atoms with Gasteiger partial charge in [-0.05, 0) is 35.9 Å². The molecule has 2 aromatic heterocycles. The molecule has 0 saturated carbocycles. The Kier molecular flexibility index (Phi) is 5.46. The molecule has 1 unspecified atom stereocenters. The van der Waals surface area contributed by atoms with Crippen LogP contribution >= 0.6 is 11.6 Å². The lowest BCUT2D eigenvalue weighted by Crippen LogP contribution is -2.34. The summed E-state index contributed by atoms with van der Waals surface area (Å²) in [7, 11) is 0. The predicted molar refractivity (Wildman–Crippen MR) is 94.9 cm³/mol. The van der Waals surface area contributed by atoms with Crippen LogP contribution < -0.4 is 10.9 Å². The van der Waals surface area contributed by atoms with Gasteiger partial charge in [-0.2, -0.15) is 13.2 Å². The first-order chi connectivity index (χ1) is 13.3. The molecule has 0 bridgehead atoms. The summed E-state index contributed by atoms with van der Waals surface area (Å²) in [5, 5.41) is 3.05. The van der Waals surface area contributed by atoms with Crippen molar-refractivity contribution in [2.45, 2.75) is 12.2 Å². The van der Waals surface area contributed by atoms with E-state index in [2.05, 4.69) is 15.3 Å². The lowest BCUT2D eigenvalue weighted by molar-refractivity contribution is -0.141. The molecule has 0 saturated heterocycles. The Morgan fingerprint density at radius 3 is 2.29 bits per heavy atom. The Morgan fingerprint density at radius 2 is 1.71 bits per heavy atom. The molecule has 1 aromatic carbocycles. The molecular formula is C18H12ClF3N4O2. The topological polar surface area (TPSA) is 87.7 Å². The molecule has 1 atom stereocenters. The molecule has 3 aromatic rings. The molecule has 2 heterocycles. The van der Waals surface area contributed by atoms with Crippen LogP contribution in [-0.2, 0) is 6.18 Å². The van der Waals surface area contributed by atoms with Gasteiger partial charge in [0, 0.05) is 17.4 Å². The second-order valence-electron chi connectivity index (χ2n) is 5.68. The smallest absolute Gasteiger partial charge is 0.338 e. The SMILES string of the molecule is O=C(NC(c1ccc(Cl)cc1)c1ncccn1)c1ccc(C(F)(F)F)[nH]c1=O. The number of nitrogens with zero attached hydrogens (tertiary/aromatic N) is 2. The summed E-state index contributed by atoms with van der Waals surface area (Å²) >= 11 is 5.88. The first kappa shape index (κ1) is 19.6. The van der Waals surface area contributed by atoms with Crippen molar-refractivity contribution in [1.29, 1.82) is 0 Å². The Morgan fingerprint density at radius 1 is 1.07 bits per heavy atom. The number of H-pyrrole nitrogens is 1. The molecule has 144 valence electrons. The standard InChI is InChI=1S/C18H12ClF3N4O2/c19-11-4-2-10(3-5-11)14(15-23-8-1-9-24-15)26-17(28)12-6-7-13(18(20,21)22)25-16(12)27/h1-9,14H,(H,25,27)(H,26,28). The quantitative estimate of drug-likeness (QED) is 0.693. The van der Waals surface area contributed by atoms with Gasteiger partial charge >= 0.3 is 6.18 Å². The zero-order valence-electron chi connectivity index (χ0n) is 14.0. The van der Waals surface area contributed by atoms with E-state index in [0.29, 0.717) is 16.7 Å². The summed E-state index contributed by atoms with van der Waals surface area (Å²) in [4.78, 5) is 34.4. The molecule has 3 rings (SSSR count). The maximum Gasteiger partial charge on any atom is 0.431 e. The Hall–Kier alpha value is -3.20. The van der Waals surface area contributed by atoms with E-state index in [-0.39, 0.29) is 5.82 Å². The number of benzene rings is 1. The molecule has 2 N–H and O–H groups in total. The molecule has 0 radical (unpaired) electrons. The average molecular weight is 409 g/mol. The van der Waals surface area contributed by atoms with E-state index in [1.807, 2.05) is 0 Å². The lowest BCUT2D eigenvalue weighted by Gasteiger charge is -2.18. The fraction of sp³-hybridized carbons (Fsp3) is 0.111. The highest BCUT2D eigenvalue weighted by atomic mass is 35.5. The number of alkyl halides is 3. The van der Waals surface area contributed by atoms with Gasteiger partial charge in [-0.25, -0.2) is 9.97 Å². The van der Waals surface area contributed by atoms with Crippen LogP contribution in [0.4, 0.5) is 13.2 Å². The number of carbonyl (C=O) groups is 1. The number of amides is 1. The van der Waals surface area contributed by atoms with E-state index >= 15 is 0 Å². The zero-order valence-corrected chi connectivity index (χ0v) is 14.8. The van der Waals surface area contributed by atoms with Crippen molar-refractivity contribution in [2.24, 2.45) is 0 Å². The van der Waals surface area contributed by atoms with Gasteiger partial charge in [-0.3, -0.25) is 9.59 Å². The van der Waals surface area contributed by atoms with E-state index in [0.717, 1.165) is 6.07 Å². The minimum atomic E-state index is -4.72. The fourth-order valence-electron chi connectivity index (χ4n) is 2.44. The van der Waals surface area contributed by atoms with Crippen LogP contribution in [0.2, 0.25) is 5.02 Å². The largest absolute Gasteiger partial charge is 0.431 e. The van der Waals surface area contributed by atoms with Crippen molar-refractivity contribution in [3.63, 3.8) is 0 Å². The normalized spacial score (nSPS) is 12.4. The monoisotopic (exact) mass is 408 g/mol. The summed E-state index contributed by atoms with van der Waals surface area (Å²) < 4.78 is 38.1. The number of pyridine rings is 1. The fourth-order valence-corrected chi connectivity index (χ4v) is 2.56. The Bertz CT molecular complexity index is 1040. The maximum absolute atomic E-state index is 12.7. The zero-order chi connectivity index (χ0) is 20.3. The summed E-state index contributed by atoms with van der Waals surface area (Å²) in [6.07, 6.45) is -1.78. The average Bonchev–Trinajstić information content (AvgIpc) is 2.66. The van der Waals surface area contributed by atoms with Gasteiger partial charge in [0.25, 0.3) is 11.5 Å². The first-order valence-corrected chi connectivity index (χ1v) is 8.27. The van der Waals surface area contributed by atoms with Crippen LogP contribution in [0.5, 0.6) is 0 Å². The van der Waals surface area contributed by atoms with Crippen molar-refractivity contribution in [2.75, 3.05) is 0 Å². The highest BCUT2D eigenvalue weighted by molar-refractivity contribution is 6.30. The molecule has 1 amide bonds. The van der Waals surface area contributed by atoms with E-state index in [1.54, 1.807) is 35.3 Å². The van der Waals surface area contributed by atoms with E-state index < -0.39 is 34.9 Å². The number of nitrogens with one attached hydrogen (secondary N) is 2. The Balaban J connectivity index is 1.94. The van der Waals surface area contributed by atoms with Gasteiger partial charge in [-0.1, -0.05) is 23.7 Å². The van der Waals surface area contributed by atoms with Crippen LogP contribution in [0.1, 0.15) is 33.5 Å². The van der Waals surface area contributed by atoms with Gasteiger partial charge in [-0.15, -0.1) is 0 Å². The first-order valence-electron chi connectivity index (χ1n) is 7.89. The number of hydrogen-bond donors (Lipinski definition) is 2. The van der Waals surface area contributed by atoms with Crippen molar-refractivity contribution >= 4 is 17.5 Å². The summed E-state index contributed by atoms with van der Waals surface area (Å²) in [6, 6.07) is 8.68. The lowest BCUT2D eigenvalue weighted by atomic mass is 10.1. The summed E-state index contributed by atoms with van der Waals surface area (Å²) in [5.41, 5.74) is -2.29. The van der Waals surface area contributed by atoms with Gasteiger partial charge in [0.2, 0.25) is 0 Å². The molecule has 0 aliphatic heterocycles. The van der Waals surface area contributed by atoms with Gasteiger partial charge in [0.1, 0.15) is 17.3 Å². The van der Waals surface area contributed by atoms with Gasteiger partial charge in [0.15, 0.2) is 5.82 Å². The minimum absolute atomic E-state index is 0.238. The van der Waals surface area contributed by atoms with Crippen molar-refractivity contribution in [3.05, 3.63) is 92.9 Å². The van der Waals surface area contributed by atoms with Crippen LogP contribution in [0, 0.1) is 0 Å². The van der Waals surface area contributed by atoms with Crippen LogP contribution in [0.25, 0.3) is 0 Å². The summed E-state index contributed by atoms with van der Waals surface area (Å²) in [5.74, 6) is -0.635. The third-order valence-corrected chi connectivity index (χ3v) is 4.03. The summed E-state index contributed by atoms with van der Waals surface area (Å²) in [6.45, 7) is 0. The van der Waals surface area contributed by atoms with E-state index in [1.165, 1.54) is 12.4 Å². The molecule has 6 nitrogen and oxygen atoms in total. The molecule has 0 fully saturated rings. The minimum Gasteiger partial charge on any atom is -0.338 e. The number of rotatable bonds is 4. The van der Waals surface area contributed by atoms with Crippen LogP contribution in [0.3, 0.4) is 0 Å². The van der Waals surface area contributed by atoms with Crippen molar-refractivity contribution < 1.29 is 18.0 Å². The third kappa shape index (κ3) is 4.37. The van der Waals surface area contributed by atoms with E-state index in [9.17, 15) is 22.8 Å². The number of aromatic amines is 1. The van der Waals surface area contributed by atoms with Crippen molar-refractivity contribution in [3.8, 4) is 0 Å². The molecule has 0 spiro atoms. The van der Waals surface area contributed by atoms with Crippen LogP contribution in [0.15, 0.2) is 59.7 Å². The Labute approximate surface area is 161 Å².